The Morgan fingerprint density at radius 2 is 2.27 bits per heavy atom. The number of rotatable bonds is 2. The molecule has 1 heterocycles. The fraction of sp³-hybridized carbons (Fsp3) is 0.750. The van der Waals surface area contributed by atoms with Gasteiger partial charge in [0.1, 0.15) is 11.7 Å². The van der Waals surface area contributed by atoms with E-state index in [0.29, 0.717) is 0 Å². The van der Waals surface area contributed by atoms with Gasteiger partial charge in [-0.25, -0.2) is 0 Å². The summed E-state index contributed by atoms with van der Waals surface area (Å²) in [5.41, 5.74) is 0.404. The number of aliphatic hydroxyl groups excluding tert-OH is 2. The molecule has 2 atom stereocenters. The van der Waals surface area contributed by atoms with E-state index in [1.54, 1.807) is 6.92 Å². The lowest BCUT2D eigenvalue weighted by Gasteiger charge is -2.21. The van der Waals surface area contributed by atoms with Crippen LogP contribution in [0.25, 0.3) is 0 Å². The van der Waals surface area contributed by atoms with E-state index in [1.807, 2.05) is 13.0 Å². The third kappa shape index (κ3) is 1.61. The first kappa shape index (κ1) is 8.71. The Morgan fingerprint density at radius 3 is 2.55 bits per heavy atom. The van der Waals surface area contributed by atoms with Crippen LogP contribution in [0.2, 0.25) is 0 Å². The average Bonchev–Trinajstić information content (AvgIpc) is 2.27. The third-order valence-electron chi connectivity index (χ3n) is 1.93. The molecule has 2 N–H and O–H groups in total. The molecule has 0 aromatic carbocycles. The normalized spacial score (nSPS) is 37.5. The SMILES string of the molecule is CC1=C[C@@](C)(CO)O[C@H]1CO. The Morgan fingerprint density at radius 1 is 1.64 bits per heavy atom. The monoisotopic (exact) mass is 158 g/mol. The van der Waals surface area contributed by atoms with Gasteiger partial charge < -0.3 is 14.9 Å². The first-order chi connectivity index (χ1) is 5.11. The minimum absolute atomic E-state index is 0.0159. The van der Waals surface area contributed by atoms with E-state index < -0.39 is 5.60 Å². The van der Waals surface area contributed by atoms with Crippen molar-refractivity contribution < 1.29 is 14.9 Å². The first-order valence-electron chi connectivity index (χ1n) is 3.70. The highest BCUT2D eigenvalue weighted by molar-refractivity contribution is 5.19. The molecule has 0 aliphatic carbocycles. The van der Waals surface area contributed by atoms with Crippen LogP contribution < -0.4 is 0 Å². The summed E-state index contributed by atoms with van der Waals surface area (Å²) in [7, 11) is 0. The predicted molar refractivity (Wildman–Crippen MR) is 41.2 cm³/mol. The summed E-state index contributed by atoms with van der Waals surface area (Å²) in [6.45, 7) is 3.63. The molecule has 0 aromatic heterocycles. The van der Waals surface area contributed by atoms with Crippen molar-refractivity contribution in [3.05, 3.63) is 11.6 Å². The van der Waals surface area contributed by atoms with Gasteiger partial charge in [-0.2, -0.15) is 0 Å². The minimum Gasteiger partial charge on any atom is -0.393 e. The number of aliphatic hydroxyl groups is 2. The summed E-state index contributed by atoms with van der Waals surface area (Å²) in [6, 6.07) is 0. The lowest BCUT2D eigenvalue weighted by molar-refractivity contribution is -0.0621. The Kier molecular flexibility index (Phi) is 2.32. The average molecular weight is 158 g/mol. The van der Waals surface area contributed by atoms with Crippen LogP contribution >= 0.6 is 0 Å². The molecule has 11 heavy (non-hydrogen) atoms. The molecule has 0 bridgehead atoms. The van der Waals surface area contributed by atoms with E-state index >= 15 is 0 Å². The van der Waals surface area contributed by atoms with E-state index in [4.69, 9.17) is 14.9 Å². The van der Waals surface area contributed by atoms with Crippen LogP contribution in [0.3, 0.4) is 0 Å². The van der Waals surface area contributed by atoms with Crippen LogP contribution in [0.5, 0.6) is 0 Å². The molecule has 0 amide bonds. The molecular weight excluding hydrogens is 144 g/mol. The van der Waals surface area contributed by atoms with Gasteiger partial charge in [0.25, 0.3) is 0 Å². The van der Waals surface area contributed by atoms with Gasteiger partial charge in [0, 0.05) is 0 Å². The van der Waals surface area contributed by atoms with E-state index in [-0.39, 0.29) is 19.3 Å². The number of ether oxygens (including phenoxy) is 1. The van der Waals surface area contributed by atoms with Crippen LogP contribution in [-0.4, -0.2) is 35.1 Å². The number of hydrogen-bond acceptors (Lipinski definition) is 3. The zero-order chi connectivity index (χ0) is 8.48. The van der Waals surface area contributed by atoms with Crippen LogP contribution in [0.15, 0.2) is 11.6 Å². The second-order valence-corrected chi connectivity index (χ2v) is 3.15. The van der Waals surface area contributed by atoms with Crippen molar-refractivity contribution in [3.8, 4) is 0 Å². The van der Waals surface area contributed by atoms with Gasteiger partial charge in [-0.1, -0.05) is 0 Å². The maximum atomic E-state index is 8.91. The lowest BCUT2D eigenvalue weighted by atomic mass is 10.1. The quantitative estimate of drug-likeness (QED) is 0.559. The summed E-state index contributed by atoms with van der Waals surface area (Å²) >= 11 is 0. The van der Waals surface area contributed by atoms with Gasteiger partial charge in [-0.3, -0.25) is 0 Å². The molecule has 1 aliphatic rings. The fourth-order valence-corrected chi connectivity index (χ4v) is 1.29. The molecule has 64 valence electrons. The smallest absolute Gasteiger partial charge is 0.108 e. The van der Waals surface area contributed by atoms with Crippen molar-refractivity contribution >= 4 is 0 Å². The Hall–Kier alpha value is -0.380. The van der Waals surface area contributed by atoms with Crippen molar-refractivity contribution in [1.82, 2.24) is 0 Å². The standard InChI is InChI=1S/C8H14O3/c1-6-3-8(2,5-10)11-7(6)4-9/h3,7,9-10H,4-5H2,1-2H3/t7-,8-/m0/s1. The molecule has 0 spiro atoms. The topological polar surface area (TPSA) is 49.7 Å². The predicted octanol–water partition coefficient (Wildman–Crippen LogP) is 0.0748. The van der Waals surface area contributed by atoms with Gasteiger partial charge in [0.2, 0.25) is 0 Å². The van der Waals surface area contributed by atoms with Crippen LogP contribution in [0.1, 0.15) is 13.8 Å². The fourth-order valence-electron chi connectivity index (χ4n) is 1.29. The Bertz CT molecular complexity index is 176. The van der Waals surface area contributed by atoms with Gasteiger partial charge in [-0.15, -0.1) is 0 Å². The highest BCUT2D eigenvalue weighted by Gasteiger charge is 2.33. The molecule has 1 rings (SSSR count). The highest BCUT2D eigenvalue weighted by atomic mass is 16.5. The summed E-state index contributed by atoms with van der Waals surface area (Å²) in [6.07, 6.45) is 1.63. The largest absolute Gasteiger partial charge is 0.393 e. The second kappa shape index (κ2) is 2.93. The maximum Gasteiger partial charge on any atom is 0.108 e. The van der Waals surface area contributed by atoms with Crippen LogP contribution in [0.4, 0.5) is 0 Å². The first-order valence-corrected chi connectivity index (χ1v) is 3.70. The number of hydrogen-bond donors (Lipinski definition) is 2. The zero-order valence-electron chi connectivity index (χ0n) is 6.87. The molecule has 3 nitrogen and oxygen atoms in total. The second-order valence-electron chi connectivity index (χ2n) is 3.15. The molecule has 0 unspecified atom stereocenters. The van der Waals surface area contributed by atoms with Gasteiger partial charge in [0.15, 0.2) is 0 Å². The Labute approximate surface area is 66.3 Å². The van der Waals surface area contributed by atoms with Crippen LogP contribution in [-0.2, 0) is 4.74 Å². The molecule has 0 radical (unpaired) electrons. The van der Waals surface area contributed by atoms with Gasteiger partial charge >= 0.3 is 0 Å². The lowest BCUT2D eigenvalue weighted by Crippen LogP contribution is -2.31. The summed E-state index contributed by atoms with van der Waals surface area (Å²) in [5, 5.41) is 17.7. The third-order valence-corrected chi connectivity index (χ3v) is 1.93. The van der Waals surface area contributed by atoms with Crippen molar-refractivity contribution in [3.63, 3.8) is 0 Å². The van der Waals surface area contributed by atoms with Crippen molar-refractivity contribution in [2.75, 3.05) is 13.2 Å². The molecule has 1 aliphatic heterocycles. The van der Waals surface area contributed by atoms with E-state index in [2.05, 4.69) is 0 Å². The van der Waals surface area contributed by atoms with E-state index in [0.717, 1.165) is 5.57 Å². The Balaban J connectivity index is 2.69. The molecule has 0 saturated heterocycles. The maximum absolute atomic E-state index is 8.91. The van der Waals surface area contributed by atoms with Crippen molar-refractivity contribution in [1.29, 1.82) is 0 Å². The zero-order valence-corrected chi connectivity index (χ0v) is 6.87. The van der Waals surface area contributed by atoms with Crippen molar-refractivity contribution in [2.24, 2.45) is 0 Å². The van der Waals surface area contributed by atoms with Crippen molar-refractivity contribution in [2.45, 2.75) is 25.6 Å². The summed E-state index contributed by atoms with van der Waals surface area (Å²) in [5.74, 6) is 0. The molecule has 0 fully saturated rings. The van der Waals surface area contributed by atoms with Gasteiger partial charge in [-0.05, 0) is 25.5 Å². The van der Waals surface area contributed by atoms with E-state index in [9.17, 15) is 0 Å². The van der Waals surface area contributed by atoms with E-state index in [1.165, 1.54) is 0 Å². The summed E-state index contributed by atoms with van der Waals surface area (Å²) in [4.78, 5) is 0. The summed E-state index contributed by atoms with van der Waals surface area (Å²) < 4.78 is 5.37. The molecule has 0 saturated carbocycles. The molecule has 3 heteroatoms. The highest BCUT2D eigenvalue weighted by Crippen LogP contribution is 2.27. The van der Waals surface area contributed by atoms with Crippen LogP contribution in [0, 0.1) is 0 Å². The molecule has 0 aromatic rings. The minimum atomic E-state index is -0.586. The van der Waals surface area contributed by atoms with Gasteiger partial charge in [0.05, 0.1) is 13.2 Å². The molecular formula is C8H14O3.